The van der Waals surface area contributed by atoms with Gasteiger partial charge in [0.1, 0.15) is 11.4 Å². The molecule has 1 aliphatic carbocycles. The van der Waals surface area contributed by atoms with Gasteiger partial charge in [0.25, 0.3) is 0 Å². The average molecular weight is 266 g/mol. The van der Waals surface area contributed by atoms with Crippen LogP contribution in [0.2, 0.25) is 0 Å². The summed E-state index contributed by atoms with van der Waals surface area (Å²) in [5.41, 5.74) is 4.56. The van der Waals surface area contributed by atoms with E-state index in [0.29, 0.717) is 6.42 Å². The number of hydrogen-bond acceptors (Lipinski definition) is 2. The lowest BCUT2D eigenvalue weighted by molar-refractivity contribution is -0.00708. The molecule has 1 heterocycles. The molecular formula is C18H18O2. The Balaban J connectivity index is 1.73. The molecule has 1 atom stereocenters. The second-order valence-electron chi connectivity index (χ2n) is 6.17. The molecule has 2 nitrogen and oxygen atoms in total. The lowest BCUT2D eigenvalue weighted by Gasteiger charge is -2.38. The largest absolute Gasteiger partial charge is 0.486 e. The van der Waals surface area contributed by atoms with Crippen LogP contribution in [-0.4, -0.2) is 10.7 Å². The zero-order chi connectivity index (χ0) is 13.7. The van der Waals surface area contributed by atoms with Gasteiger partial charge in [-0.25, -0.2) is 0 Å². The van der Waals surface area contributed by atoms with Crippen molar-refractivity contribution in [3.05, 3.63) is 64.7 Å². The summed E-state index contributed by atoms with van der Waals surface area (Å²) in [4.78, 5) is 0. The molecule has 1 spiro atoms. The van der Waals surface area contributed by atoms with Gasteiger partial charge in [0, 0.05) is 24.8 Å². The van der Waals surface area contributed by atoms with Crippen molar-refractivity contribution < 1.29 is 9.84 Å². The monoisotopic (exact) mass is 266 g/mol. The minimum absolute atomic E-state index is 0.259. The Morgan fingerprint density at radius 3 is 2.50 bits per heavy atom. The molecule has 0 fully saturated rings. The van der Waals surface area contributed by atoms with E-state index in [0.717, 1.165) is 29.7 Å². The van der Waals surface area contributed by atoms with Crippen molar-refractivity contribution in [1.29, 1.82) is 0 Å². The van der Waals surface area contributed by atoms with Crippen LogP contribution in [0, 0.1) is 6.92 Å². The van der Waals surface area contributed by atoms with Gasteiger partial charge in [-0.2, -0.15) is 0 Å². The third-order valence-electron chi connectivity index (χ3n) is 4.56. The van der Waals surface area contributed by atoms with Gasteiger partial charge in [-0.1, -0.05) is 35.9 Å². The van der Waals surface area contributed by atoms with Gasteiger partial charge >= 0.3 is 0 Å². The van der Waals surface area contributed by atoms with Crippen LogP contribution >= 0.6 is 0 Å². The maximum Gasteiger partial charge on any atom is 0.126 e. The number of rotatable bonds is 0. The molecule has 2 aliphatic rings. The first-order chi connectivity index (χ1) is 9.65. The second kappa shape index (κ2) is 4.10. The van der Waals surface area contributed by atoms with Crippen molar-refractivity contribution >= 4 is 0 Å². The highest BCUT2D eigenvalue weighted by atomic mass is 16.5. The van der Waals surface area contributed by atoms with Crippen LogP contribution in [0.15, 0.2) is 42.5 Å². The third-order valence-corrected chi connectivity index (χ3v) is 4.56. The second-order valence-corrected chi connectivity index (χ2v) is 6.17. The smallest absolute Gasteiger partial charge is 0.126 e. The van der Waals surface area contributed by atoms with E-state index >= 15 is 0 Å². The van der Waals surface area contributed by atoms with Gasteiger partial charge in [0.2, 0.25) is 0 Å². The molecule has 1 unspecified atom stereocenters. The van der Waals surface area contributed by atoms with E-state index in [2.05, 4.69) is 24.3 Å². The molecule has 0 amide bonds. The summed E-state index contributed by atoms with van der Waals surface area (Å²) in [5.74, 6) is 0.849. The number of fused-ring (bicyclic) bond motifs is 2. The van der Waals surface area contributed by atoms with Gasteiger partial charge in [-0.3, -0.25) is 0 Å². The molecule has 2 aromatic rings. The molecule has 2 aromatic carbocycles. The van der Waals surface area contributed by atoms with Crippen molar-refractivity contribution in [1.82, 2.24) is 0 Å². The van der Waals surface area contributed by atoms with Gasteiger partial charge in [-0.05, 0) is 30.2 Å². The lowest BCUT2D eigenvalue weighted by Crippen LogP contribution is -2.42. The maximum atomic E-state index is 10.5. The lowest BCUT2D eigenvalue weighted by atomic mass is 9.86. The first kappa shape index (κ1) is 12.0. The third kappa shape index (κ3) is 1.75. The Morgan fingerprint density at radius 1 is 1.10 bits per heavy atom. The van der Waals surface area contributed by atoms with E-state index in [9.17, 15) is 5.11 Å². The van der Waals surface area contributed by atoms with Crippen molar-refractivity contribution in [2.75, 3.05) is 0 Å². The molecule has 4 rings (SSSR count). The van der Waals surface area contributed by atoms with E-state index in [1.54, 1.807) is 0 Å². The summed E-state index contributed by atoms with van der Waals surface area (Å²) in [5, 5.41) is 10.5. The molecule has 0 bridgehead atoms. The number of hydrogen-bond donors (Lipinski definition) is 1. The Morgan fingerprint density at radius 2 is 1.80 bits per heavy atom. The van der Waals surface area contributed by atoms with Gasteiger partial charge in [0.05, 0.1) is 6.10 Å². The first-order valence-electron chi connectivity index (χ1n) is 7.20. The van der Waals surface area contributed by atoms with Crippen LogP contribution in [-0.2, 0) is 12.8 Å². The van der Waals surface area contributed by atoms with Gasteiger partial charge in [0.15, 0.2) is 0 Å². The summed E-state index contributed by atoms with van der Waals surface area (Å²) >= 11 is 0. The van der Waals surface area contributed by atoms with Crippen LogP contribution in [0.1, 0.15) is 34.8 Å². The van der Waals surface area contributed by atoms with Crippen LogP contribution in [0.5, 0.6) is 5.75 Å². The molecule has 102 valence electrons. The predicted molar refractivity (Wildman–Crippen MR) is 78.0 cm³/mol. The van der Waals surface area contributed by atoms with E-state index < -0.39 is 6.10 Å². The number of aliphatic hydroxyl groups is 1. The fraction of sp³-hybridized carbons (Fsp3) is 0.333. The topological polar surface area (TPSA) is 29.5 Å². The molecule has 0 saturated carbocycles. The summed E-state index contributed by atoms with van der Waals surface area (Å²) in [6.07, 6.45) is 2.05. The van der Waals surface area contributed by atoms with E-state index in [-0.39, 0.29) is 5.60 Å². The Kier molecular flexibility index (Phi) is 2.45. The molecule has 1 N–H and O–H groups in total. The number of aliphatic hydroxyl groups excluding tert-OH is 1. The fourth-order valence-electron chi connectivity index (χ4n) is 3.63. The Labute approximate surface area is 119 Å². The zero-order valence-corrected chi connectivity index (χ0v) is 11.6. The maximum absolute atomic E-state index is 10.5. The standard InChI is InChI=1S/C18H18O2/c1-12-6-7-17-15(8-12)16(19)11-18(20-17)9-13-4-2-3-5-14(13)10-18/h2-8,16,19H,9-11H2,1H3. The SMILES string of the molecule is Cc1ccc2c(c1)C(O)CC1(Cc3ccccc3C1)O2. The predicted octanol–water partition coefficient (Wildman–Crippen LogP) is 3.35. The van der Waals surface area contributed by atoms with E-state index in [1.807, 2.05) is 25.1 Å². The molecule has 2 heteroatoms. The van der Waals surface area contributed by atoms with E-state index in [4.69, 9.17) is 4.74 Å². The van der Waals surface area contributed by atoms with Crippen molar-refractivity contribution in [2.45, 2.75) is 37.9 Å². The summed E-state index contributed by atoms with van der Waals surface area (Å²) in [6, 6.07) is 14.6. The molecule has 0 saturated heterocycles. The summed E-state index contributed by atoms with van der Waals surface area (Å²) in [6.45, 7) is 2.04. The minimum atomic E-state index is -0.423. The highest BCUT2D eigenvalue weighted by molar-refractivity contribution is 5.44. The Hall–Kier alpha value is -1.80. The summed E-state index contributed by atoms with van der Waals surface area (Å²) in [7, 11) is 0. The first-order valence-corrected chi connectivity index (χ1v) is 7.20. The van der Waals surface area contributed by atoms with E-state index in [1.165, 1.54) is 11.1 Å². The molecular weight excluding hydrogens is 248 g/mol. The molecule has 20 heavy (non-hydrogen) atoms. The van der Waals surface area contributed by atoms with Crippen LogP contribution in [0.4, 0.5) is 0 Å². The number of aryl methyl sites for hydroxylation is 1. The van der Waals surface area contributed by atoms with Crippen LogP contribution < -0.4 is 4.74 Å². The average Bonchev–Trinajstić information content (AvgIpc) is 2.77. The van der Waals surface area contributed by atoms with Gasteiger partial charge < -0.3 is 9.84 Å². The molecule has 0 radical (unpaired) electrons. The number of benzene rings is 2. The van der Waals surface area contributed by atoms with Crippen LogP contribution in [0.25, 0.3) is 0 Å². The normalized spacial score (nSPS) is 22.2. The fourth-order valence-corrected chi connectivity index (χ4v) is 3.63. The van der Waals surface area contributed by atoms with Crippen molar-refractivity contribution in [2.24, 2.45) is 0 Å². The molecule has 1 aliphatic heterocycles. The number of ether oxygens (including phenoxy) is 1. The minimum Gasteiger partial charge on any atom is -0.486 e. The van der Waals surface area contributed by atoms with Gasteiger partial charge in [-0.15, -0.1) is 0 Å². The molecule has 0 aromatic heterocycles. The highest BCUT2D eigenvalue weighted by Gasteiger charge is 2.44. The quantitative estimate of drug-likeness (QED) is 0.792. The Bertz CT molecular complexity index is 650. The van der Waals surface area contributed by atoms with Crippen molar-refractivity contribution in [3.8, 4) is 5.75 Å². The zero-order valence-electron chi connectivity index (χ0n) is 11.6. The highest BCUT2D eigenvalue weighted by Crippen LogP contribution is 2.46. The van der Waals surface area contributed by atoms with Crippen LogP contribution in [0.3, 0.4) is 0 Å². The summed E-state index contributed by atoms with van der Waals surface area (Å²) < 4.78 is 6.33. The van der Waals surface area contributed by atoms with Crippen molar-refractivity contribution in [3.63, 3.8) is 0 Å².